The Morgan fingerprint density at radius 2 is 1.94 bits per heavy atom. The van der Waals surface area contributed by atoms with Gasteiger partial charge in [-0.15, -0.1) is 0 Å². The van der Waals surface area contributed by atoms with E-state index in [0.717, 1.165) is 14.2 Å². The first-order valence-electron chi connectivity index (χ1n) is 5.40. The van der Waals surface area contributed by atoms with Crippen LogP contribution in [0.25, 0.3) is 0 Å². The van der Waals surface area contributed by atoms with Gasteiger partial charge in [-0.3, -0.25) is 4.79 Å². The Labute approximate surface area is 103 Å². The van der Waals surface area contributed by atoms with Crippen LogP contribution in [0.5, 0.6) is 0 Å². The number of hydrogen-bond donors (Lipinski definition) is 1. The standard InChI is InChI=1S/C11H13NO6/c1-17-10(15)8-6(13)3-5-4-7(14)12(5)9(8)11(16)18-2/h5,9,13H,3-4H2,1-2H3/t5-,9?/m0/s1. The van der Waals surface area contributed by atoms with E-state index < -0.39 is 18.0 Å². The summed E-state index contributed by atoms with van der Waals surface area (Å²) >= 11 is 0. The van der Waals surface area contributed by atoms with Gasteiger partial charge in [-0.2, -0.15) is 0 Å². The van der Waals surface area contributed by atoms with Crippen molar-refractivity contribution in [2.24, 2.45) is 0 Å². The molecule has 2 aliphatic heterocycles. The molecule has 1 saturated heterocycles. The van der Waals surface area contributed by atoms with E-state index >= 15 is 0 Å². The predicted molar refractivity (Wildman–Crippen MR) is 57.3 cm³/mol. The van der Waals surface area contributed by atoms with Gasteiger partial charge in [0.05, 0.1) is 14.2 Å². The van der Waals surface area contributed by atoms with Crippen LogP contribution in [0, 0.1) is 0 Å². The average Bonchev–Trinajstić information content (AvgIpc) is 2.35. The Balaban J connectivity index is 2.44. The highest BCUT2D eigenvalue weighted by atomic mass is 16.5. The summed E-state index contributed by atoms with van der Waals surface area (Å²) in [7, 11) is 2.29. The number of methoxy groups -OCH3 is 2. The minimum atomic E-state index is -1.21. The molecule has 98 valence electrons. The maximum absolute atomic E-state index is 11.7. The van der Waals surface area contributed by atoms with Crippen LogP contribution >= 0.6 is 0 Å². The van der Waals surface area contributed by atoms with E-state index in [1.807, 2.05) is 0 Å². The monoisotopic (exact) mass is 255 g/mol. The average molecular weight is 255 g/mol. The Kier molecular flexibility index (Phi) is 2.98. The number of hydrogen-bond acceptors (Lipinski definition) is 6. The van der Waals surface area contributed by atoms with Crippen molar-refractivity contribution < 1.29 is 29.0 Å². The molecule has 0 saturated carbocycles. The second-order valence-electron chi connectivity index (χ2n) is 4.14. The molecule has 0 aromatic heterocycles. The predicted octanol–water partition coefficient (Wildman–Crippen LogP) is -0.482. The van der Waals surface area contributed by atoms with Crippen molar-refractivity contribution in [2.45, 2.75) is 24.9 Å². The minimum Gasteiger partial charge on any atom is -0.512 e. The highest BCUT2D eigenvalue weighted by Gasteiger charge is 2.52. The number of aliphatic hydroxyl groups excluding tert-OH is 1. The first kappa shape index (κ1) is 12.4. The van der Waals surface area contributed by atoms with Crippen LogP contribution in [-0.4, -0.2) is 54.2 Å². The highest BCUT2D eigenvalue weighted by Crippen LogP contribution is 2.36. The van der Waals surface area contributed by atoms with Gasteiger partial charge in [0.2, 0.25) is 5.91 Å². The fourth-order valence-electron chi connectivity index (χ4n) is 2.33. The van der Waals surface area contributed by atoms with Crippen molar-refractivity contribution in [2.75, 3.05) is 14.2 Å². The van der Waals surface area contributed by atoms with Crippen molar-refractivity contribution in [3.8, 4) is 0 Å². The van der Waals surface area contributed by atoms with Crippen LogP contribution in [-0.2, 0) is 23.9 Å². The van der Waals surface area contributed by atoms with Crippen LogP contribution in [0.1, 0.15) is 12.8 Å². The number of esters is 2. The SMILES string of the molecule is COC(=O)C1=C(O)C[C@H]2CC(=O)N2C1C(=O)OC. The number of carbonyl (C=O) groups is 3. The molecule has 2 aliphatic rings. The quantitative estimate of drug-likeness (QED) is 0.529. The molecule has 7 heteroatoms. The first-order chi connectivity index (χ1) is 8.51. The number of aliphatic hydroxyl groups is 1. The molecule has 1 unspecified atom stereocenters. The molecule has 0 aromatic carbocycles. The van der Waals surface area contributed by atoms with Crippen LogP contribution in [0.15, 0.2) is 11.3 Å². The fourth-order valence-corrected chi connectivity index (χ4v) is 2.33. The van der Waals surface area contributed by atoms with Crippen molar-refractivity contribution in [1.82, 2.24) is 4.90 Å². The Bertz CT molecular complexity index is 454. The highest BCUT2D eigenvalue weighted by molar-refractivity contribution is 6.02. The van der Waals surface area contributed by atoms with Gasteiger partial charge >= 0.3 is 11.9 Å². The van der Waals surface area contributed by atoms with Crippen LogP contribution < -0.4 is 0 Å². The van der Waals surface area contributed by atoms with Crippen molar-refractivity contribution >= 4 is 17.8 Å². The van der Waals surface area contributed by atoms with Gasteiger partial charge in [0.15, 0.2) is 6.04 Å². The Morgan fingerprint density at radius 3 is 2.44 bits per heavy atom. The lowest BCUT2D eigenvalue weighted by molar-refractivity contribution is -0.164. The lowest BCUT2D eigenvalue weighted by Gasteiger charge is -2.47. The zero-order valence-corrected chi connectivity index (χ0v) is 10.0. The summed E-state index contributed by atoms with van der Waals surface area (Å²) in [6.45, 7) is 0. The maximum Gasteiger partial charge on any atom is 0.339 e. The first-order valence-corrected chi connectivity index (χ1v) is 5.40. The second-order valence-corrected chi connectivity index (χ2v) is 4.14. The van der Waals surface area contributed by atoms with Crippen LogP contribution in [0.2, 0.25) is 0 Å². The molecule has 7 nitrogen and oxygen atoms in total. The lowest BCUT2D eigenvalue weighted by Crippen LogP contribution is -2.63. The van der Waals surface area contributed by atoms with E-state index in [-0.39, 0.29) is 36.1 Å². The van der Waals surface area contributed by atoms with E-state index in [0.29, 0.717) is 0 Å². The normalized spacial score (nSPS) is 26.3. The number of amides is 1. The molecular weight excluding hydrogens is 242 g/mol. The smallest absolute Gasteiger partial charge is 0.339 e. The molecular formula is C11H13NO6. The summed E-state index contributed by atoms with van der Waals surface area (Å²) in [6.07, 6.45) is 0.412. The largest absolute Gasteiger partial charge is 0.512 e. The molecule has 0 bridgehead atoms. The number of carbonyl (C=O) groups excluding carboxylic acids is 3. The third-order valence-electron chi connectivity index (χ3n) is 3.21. The van der Waals surface area contributed by atoms with Gasteiger partial charge in [-0.05, 0) is 0 Å². The number of ether oxygens (including phenoxy) is 2. The van der Waals surface area contributed by atoms with Gasteiger partial charge in [0.1, 0.15) is 11.3 Å². The fraction of sp³-hybridized carbons (Fsp3) is 0.545. The third kappa shape index (κ3) is 1.62. The van der Waals surface area contributed by atoms with Gasteiger partial charge in [-0.1, -0.05) is 0 Å². The summed E-state index contributed by atoms with van der Waals surface area (Å²) in [5.41, 5.74) is -0.214. The Hall–Kier alpha value is -2.05. The summed E-state index contributed by atoms with van der Waals surface area (Å²) < 4.78 is 9.10. The van der Waals surface area contributed by atoms with Gasteiger partial charge < -0.3 is 19.5 Å². The van der Waals surface area contributed by atoms with E-state index in [2.05, 4.69) is 9.47 Å². The van der Waals surface area contributed by atoms with E-state index in [1.165, 1.54) is 4.90 Å². The van der Waals surface area contributed by atoms with Crippen LogP contribution in [0.4, 0.5) is 0 Å². The van der Waals surface area contributed by atoms with Gasteiger partial charge in [0.25, 0.3) is 0 Å². The summed E-state index contributed by atoms with van der Waals surface area (Å²) in [4.78, 5) is 36.1. The van der Waals surface area contributed by atoms with E-state index in [1.54, 1.807) is 0 Å². The Morgan fingerprint density at radius 1 is 1.28 bits per heavy atom. The van der Waals surface area contributed by atoms with E-state index in [9.17, 15) is 19.5 Å². The molecule has 2 heterocycles. The van der Waals surface area contributed by atoms with Crippen molar-refractivity contribution in [3.63, 3.8) is 0 Å². The maximum atomic E-state index is 11.7. The lowest BCUT2D eigenvalue weighted by atomic mass is 9.85. The molecule has 2 rings (SSSR count). The molecule has 1 N–H and O–H groups in total. The van der Waals surface area contributed by atoms with Gasteiger partial charge in [0, 0.05) is 18.9 Å². The molecule has 1 amide bonds. The molecule has 0 aromatic rings. The molecule has 0 aliphatic carbocycles. The zero-order valence-electron chi connectivity index (χ0n) is 10.0. The van der Waals surface area contributed by atoms with Crippen molar-refractivity contribution in [1.29, 1.82) is 0 Å². The summed E-state index contributed by atoms with van der Waals surface area (Å²) in [5, 5.41) is 9.83. The number of fused-ring (bicyclic) bond motifs is 1. The number of nitrogens with zero attached hydrogens (tertiary/aromatic N) is 1. The molecule has 0 spiro atoms. The van der Waals surface area contributed by atoms with Crippen LogP contribution in [0.3, 0.4) is 0 Å². The zero-order chi connectivity index (χ0) is 13.4. The van der Waals surface area contributed by atoms with E-state index in [4.69, 9.17) is 0 Å². The van der Waals surface area contributed by atoms with Gasteiger partial charge in [-0.25, -0.2) is 9.59 Å². The number of β-lactam (4-membered cyclic amide) rings is 1. The third-order valence-corrected chi connectivity index (χ3v) is 3.21. The number of rotatable bonds is 2. The minimum absolute atomic E-state index is 0.156. The van der Waals surface area contributed by atoms with Crippen molar-refractivity contribution in [3.05, 3.63) is 11.3 Å². The summed E-state index contributed by atoms with van der Waals surface area (Å²) in [5.74, 6) is -2.06. The molecule has 1 fully saturated rings. The molecule has 18 heavy (non-hydrogen) atoms. The topological polar surface area (TPSA) is 93.1 Å². The second kappa shape index (κ2) is 4.32. The summed E-state index contributed by atoms with van der Waals surface area (Å²) in [6, 6.07) is -1.46. The molecule has 2 atom stereocenters. The molecule has 0 radical (unpaired) electrons.